The molecule has 1 amide bonds. The topological polar surface area (TPSA) is 84.6 Å². The van der Waals surface area contributed by atoms with E-state index in [1.54, 1.807) is 12.4 Å². The van der Waals surface area contributed by atoms with Crippen LogP contribution in [0.4, 0.5) is 0 Å². The van der Waals surface area contributed by atoms with Crippen molar-refractivity contribution >= 4 is 5.91 Å². The smallest absolute Gasteiger partial charge is 0.282 e. The molecule has 0 saturated heterocycles. The zero-order valence-electron chi connectivity index (χ0n) is 10.1. The number of benzene rings is 1. The lowest BCUT2D eigenvalue weighted by atomic mass is 10.2. The van der Waals surface area contributed by atoms with Gasteiger partial charge in [-0.15, -0.1) is 0 Å². The van der Waals surface area contributed by atoms with E-state index in [4.69, 9.17) is 4.52 Å². The van der Waals surface area contributed by atoms with Crippen molar-refractivity contribution in [2.24, 2.45) is 0 Å². The van der Waals surface area contributed by atoms with Crippen LogP contribution in [0.25, 0.3) is 11.4 Å². The van der Waals surface area contributed by atoms with Gasteiger partial charge in [-0.2, -0.15) is 4.98 Å². The van der Waals surface area contributed by atoms with E-state index >= 15 is 0 Å². The molecule has 0 aliphatic rings. The van der Waals surface area contributed by atoms with Gasteiger partial charge < -0.3 is 15.2 Å². The first-order valence-electron chi connectivity index (χ1n) is 5.70. The quantitative estimate of drug-likeness (QED) is 0.749. The molecule has 0 aliphatic carbocycles. The Morgan fingerprint density at radius 3 is 2.89 bits per heavy atom. The van der Waals surface area contributed by atoms with E-state index in [-0.39, 0.29) is 5.91 Å². The number of likely N-dealkylation sites (N-methyl/N-ethyl adjacent to an activating group) is 1. The first kappa shape index (κ1) is 12.3. The Kier molecular flexibility index (Phi) is 4.03. The van der Waals surface area contributed by atoms with Crippen LogP contribution in [-0.4, -0.2) is 29.6 Å². The molecule has 0 fully saturated rings. The van der Waals surface area contributed by atoms with Gasteiger partial charge in [-0.05, 0) is 0 Å². The van der Waals surface area contributed by atoms with E-state index in [1.807, 2.05) is 30.3 Å². The highest BCUT2D eigenvalue weighted by molar-refractivity contribution is 5.76. The number of quaternary nitrogens is 1. The number of amides is 1. The average molecular weight is 247 g/mol. The third kappa shape index (κ3) is 3.14. The van der Waals surface area contributed by atoms with Crippen molar-refractivity contribution in [3.8, 4) is 11.4 Å². The number of aromatic nitrogens is 2. The Hall–Kier alpha value is -2.21. The number of nitrogens with one attached hydrogen (secondary N) is 1. The number of carbonyl (C=O) groups excluding carboxylic acids is 1. The van der Waals surface area contributed by atoms with Crippen LogP contribution in [0.15, 0.2) is 34.9 Å². The monoisotopic (exact) mass is 247 g/mol. The summed E-state index contributed by atoms with van der Waals surface area (Å²) in [4.78, 5) is 15.3. The van der Waals surface area contributed by atoms with E-state index in [0.29, 0.717) is 24.8 Å². The van der Waals surface area contributed by atoms with Crippen molar-refractivity contribution in [1.82, 2.24) is 15.5 Å². The van der Waals surface area contributed by atoms with Gasteiger partial charge in [0, 0.05) is 12.6 Å². The lowest BCUT2D eigenvalue weighted by molar-refractivity contribution is -0.662. The van der Waals surface area contributed by atoms with Gasteiger partial charge in [-0.3, -0.25) is 4.79 Å². The molecule has 1 heterocycles. The number of hydrogen-bond donors (Lipinski definition) is 2. The minimum atomic E-state index is -0.0298. The van der Waals surface area contributed by atoms with Crippen LogP contribution in [0, 0.1) is 0 Å². The second-order valence-electron chi connectivity index (χ2n) is 3.75. The summed E-state index contributed by atoms with van der Waals surface area (Å²) in [6, 6.07) is 9.61. The standard InChI is InChI=1S/C12H14N4O2/c1-13-10(17)7-14-8-11-15-12(16-18-11)9-5-3-2-4-6-9/h2-6,14H,7-8H2,1H3,(H,13,17)/p+1. The summed E-state index contributed by atoms with van der Waals surface area (Å²) in [7, 11) is 1.61. The molecule has 18 heavy (non-hydrogen) atoms. The number of nitrogens with zero attached hydrogens (tertiary/aromatic N) is 2. The van der Waals surface area contributed by atoms with Gasteiger partial charge in [0.05, 0.1) is 0 Å². The fourth-order valence-corrected chi connectivity index (χ4v) is 1.47. The van der Waals surface area contributed by atoms with Crippen molar-refractivity contribution < 1.29 is 14.6 Å². The first-order chi connectivity index (χ1) is 8.79. The Bertz CT molecular complexity index is 510. The van der Waals surface area contributed by atoms with Crippen molar-refractivity contribution in [2.75, 3.05) is 13.6 Å². The normalized spacial score (nSPS) is 10.3. The molecule has 0 spiro atoms. The zero-order valence-corrected chi connectivity index (χ0v) is 10.1. The van der Waals surface area contributed by atoms with Crippen LogP contribution in [-0.2, 0) is 11.3 Å². The maximum Gasteiger partial charge on any atom is 0.282 e. The second kappa shape index (κ2) is 5.92. The number of nitrogens with two attached hydrogens (primary N) is 1. The van der Waals surface area contributed by atoms with E-state index in [9.17, 15) is 4.79 Å². The predicted molar refractivity (Wildman–Crippen MR) is 64.3 cm³/mol. The summed E-state index contributed by atoms with van der Waals surface area (Å²) >= 11 is 0. The van der Waals surface area contributed by atoms with Crippen LogP contribution in [0.5, 0.6) is 0 Å². The van der Waals surface area contributed by atoms with Crippen LogP contribution in [0.1, 0.15) is 5.89 Å². The minimum absolute atomic E-state index is 0.0298. The highest BCUT2D eigenvalue weighted by Crippen LogP contribution is 2.13. The van der Waals surface area contributed by atoms with E-state index in [0.717, 1.165) is 5.56 Å². The average Bonchev–Trinajstić information content (AvgIpc) is 2.88. The van der Waals surface area contributed by atoms with Crippen LogP contribution >= 0.6 is 0 Å². The molecule has 0 radical (unpaired) electrons. The van der Waals surface area contributed by atoms with Gasteiger partial charge >= 0.3 is 0 Å². The van der Waals surface area contributed by atoms with Crippen molar-refractivity contribution in [3.05, 3.63) is 36.2 Å². The van der Waals surface area contributed by atoms with Gasteiger partial charge in [0.15, 0.2) is 13.1 Å². The summed E-state index contributed by atoms with van der Waals surface area (Å²) in [6.45, 7) is 0.840. The third-order valence-corrected chi connectivity index (χ3v) is 2.43. The molecule has 3 N–H and O–H groups in total. The van der Waals surface area contributed by atoms with E-state index in [1.165, 1.54) is 0 Å². The van der Waals surface area contributed by atoms with Crippen molar-refractivity contribution in [3.63, 3.8) is 0 Å². The molecule has 1 aromatic heterocycles. The highest BCUT2D eigenvalue weighted by Gasteiger charge is 2.10. The SMILES string of the molecule is CNC(=O)C[NH2+]Cc1nc(-c2ccccc2)no1. The molecule has 0 atom stereocenters. The molecule has 0 bridgehead atoms. The Morgan fingerprint density at radius 2 is 2.17 bits per heavy atom. The van der Waals surface area contributed by atoms with Crippen molar-refractivity contribution in [2.45, 2.75) is 6.54 Å². The Morgan fingerprint density at radius 1 is 1.39 bits per heavy atom. The van der Waals surface area contributed by atoms with Gasteiger partial charge in [0.1, 0.15) is 0 Å². The van der Waals surface area contributed by atoms with E-state index in [2.05, 4.69) is 15.5 Å². The number of carbonyl (C=O) groups is 1. The van der Waals surface area contributed by atoms with Crippen LogP contribution in [0.3, 0.4) is 0 Å². The fourth-order valence-electron chi connectivity index (χ4n) is 1.47. The van der Waals surface area contributed by atoms with Gasteiger partial charge in [-0.25, -0.2) is 0 Å². The maximum absolute atomic E-state index is 11.0. The summed E-state index contributed by atoms with van der Waals surface area (Å²) in [6.07, 6.45) is 0. The molecule has 1 aromatic carbocycles. The minimum Gasteiger partial charge on any atom is -0.354 e. The summed E-state index contributed by atoms with van der Waals surface area (Å²) in [5.41, 5.74) is 0.916. The molecular weight excluding hydrogens is 232 g/mol. The van der Waals surface area contributed by atoms with Crippen LogP contribution < -0.4 is 10.6 Å². The van der Waals surface area contributed by atoms with E-state index < -0.39 is 0 Å². The molecule has 94 valence electrons. The fraction of sp³-hybridized carbons (Fsp3) is 0.250. The number of rotatable bonds is 5. The number of hydrogen-bond acceptors (Lipinski definition) is 4. The summed E-state index contributed by atoms with van der Waals surface area (Å²) < 4.78 is 5.11. The molecule has 0 unspecified atom stereocenters. The third-order valence-electron chi connectivity index (χ3n) is 2.43. The van der Waals surface area contributed by atoms with Gasteiger partial charge in [-0.1, -0.05) is 35.5 Å². The molecule has 2 rings (SSSR count). The predicted octanol–water partition coefficient (Wildman–Crippen LogP) is -0.454. The highest BCUT2D eigenvalue weighted by atomic mass is 16.5. The van der Waals surface area contributed by atoms with Gasteiger partial charge in [0.2, 0.25) is 5.82 Å². The van der Waals surface area contributed by atoms with Crippen LogP contribution in [0.2, 0.25) is 0 Å². The molecular formula is C12H15N4O2+. The molecule has 0 saturated carbocycles. The Balaban J connectivity index is 1.93. The lowest BCUT2D eigenvalue weighted by Crippen LogP contribution is -2.85. The summed E-state index contributed by atoms with van der Waals surface area (Å²) in [5.74, 6) is 1.05. The van der Waals surface area contributed by atoms with Gasteiger partial charge in [0.25, 0.3) is 11.8 Å². The largest absolute Gasteiger partial charge is 0.354 e. The first-order valence-corrected chi connectivity index (χ1v) is 5.70. The maximum atomic E-state index is 11.0. The van der Waals surface area contributed by atoms with Crippen molar-refractivity contribution in [1.29, 1.82) is 0 Å². The zero-order chi connectivity index (χ0) is 12.8. The second-order valence-corrected chi connectivity index (χ2v) is 3.75. The molecule has 0 aliphatic heterocycles. The Labute approximate surface area is 104 Å². The summed E-state index contributed by atoms with van der Waals surface area (Å²) in [5, 5.41) is 8.25. The molecule has 6 nitrogen and oxygen atoms in total. The molecule has 2 aromatic rings. The molecule has 6 heteroatoms. The lowest BCUT2D eigenvalue weighted by Gasteiger charge is -1.96.